The Morgan fingerprint density at radius 1 is 0.931 bits per heavy atom. The van der Waals surface area contributed by atoms with Crippen LogP contribution in [0.25, 0.3) is 0 Å². The molecular weight excluding hydrogens is 359 g/mol. The van der Waals surface area contributed by atoms with Crippen molar-refractivity contribution in [3.8, 4) is 0 Å². The normalized spacial score (nSPS) is 15.1. The molecular formula is C26H31FN2. The lowest BCUT2D eigenvalue weighted by molar-refractivity contribution is 0.136. The van der Waals surface area contributed by atoms with Crippen LogP contribution in [-0.2, 0) is 19.6 Å². The van der Waals surface area contributed by atoms with Crippen LogP contribution in [0.1, 0.15) is 54.5 Å². The van der Waals surface area contributed by atoms with E-state index in [2.05, 4.69) is 59.0 Å². The summed E-state index contributed by atoms with van der Waals surface area (Å²) in [5.74, 6) is -0.144. The maximum atomic E-state index is 13.8. The molecule has 1 aromatic heterocycles. The van der Waals surface area contributed by atoms with E-state index in [0.29, 0.717) is 6.04 Å². The van der Waals surface area contributed by atoms with Gasteiger partial charge in [-0.2, -0.15) is 0 Å². The molecule has 29 heavy (non-hydrogen) atoms. The van der Waals surface area contributed by atoms with Crippen LogP contribution in [0.15, 0.2) is 66.9 Å². The molecule has 3 aromatic rings. The predicted molar refractivity (Wildman–Crippen MR) is 117 cm³/mol. The van der Waals surface area contributed by atoms with Crippen molar-refractivity contribution in [1.82, 2.24) is 9.47 Å². The van der Waals surface area contributed by atoms with E-state index in [-0.39, 0.29) is 5.82 Å². The number of aromatic nitrogens is 1. The highest BCUT2D eigenvalue weighted by Gasteiger charge is 2.22. The molecule has 1 fully saturated rings. The molecule has 0 aliphatic heterocycles. The standard InChI is InChI=1S/C26H31FN2/c1-21-9-5-6-11-23(21)19-28-16-8-15-26(28)20-29(25-13-3-2-4-14-25)18-22-10-7-12-24(27)17-22/h5-12,15-17,25H,2-4,13-14,18-20H2,1H3. The molecule has 152 valence electrons. The van der Waals surface area contributed by atoms with Crippen LogP contribution in [0.4, 0.5) is 4.39 Å². The highest BCUT2D eigenvalue weighted by atomic mass is 19.1. The summed E-state index contributed by atoms with van der Waals surface area (Å²) >= 11 is 0. The molecule has 0 unspecified atom stereocenters. The van der Waals surface area contributed by atoms with Crippen LogP contribution in [0.5, 0.6) is 0 Å². The van der Waals surface area contributed by atoms with Gasteiger partial charge in [-0.3, -0.25) is 4.90 Å². The minimum Gasteiger partial charge on any atom is -0.346 e. The summed E-state index contributed by atoms with van der Waals surface area (Å²) in [5, 5.41) is 0. The topological polar surface area (TPSA) is 8.17 Å². The van der Waals surface area contributed by atoms with Gasteiger partial charge in [0.1, 0.15) is 5.82 Å². The van der Waals surface area contributed by atoms with Crippen molar-refractivity contribution < 1.29 is 4.39 Å². The van der Waals surface area contributed by atoms with Crippen molar-refractivity contribution >= 4 is 0 Å². The summed E-state index contributed by atoms with van der Waals surface area (Å²) in [4.78, 5) is 2.57. The fourth-order valence-corrected chi connectivity index (χ4v) is 4.56. The Morgan fingerprint density at radius 2 is 1.76 bits per heavy atom. The summed E-state index contributed by atoms with van der Waals surface area (Å²) in [5.41, 5.74) is 5.08. The molecule has 0 saturated heterocycles. The highest BCUT2D eigenvalue weighted by Crippen LogP contribution is 2.26. The van der Waals surface area contributed by atoms with Crippen molar-refractivity contribution in [2.45, 2.75) is 64.7 Å². The predicted octanol–water partition coefficient (Wildman–Crippen LogP) is 6.32. The molecule has 4 rings (SSSR count). The minimum atomic E-state index is -0.144. The van der Waals surface area contributed by atoms with E-state index >= 15 is 0 Å². The summed E-state index contributed by atoms with van der Waals surface area (Å²) < 4.78 is 16.1. The zero-order valence-corrected chi connectivity index (χ0v) is 17.4. The molecule has 0 amide bonds. The average molecular weight is 391 g/mol. The van der Waals surface area contributed by atoms with E-state index in [9.17, 15) is 4.39 Å². The minimum absolute atomic E-state index is 0.144. The van der Waals surface area contributed by atoms with Gasteiger partial charge in [-0.25, -0.2) is 4.39 Å². The Labute approximate surface area is 174 Å². The summed E-state index contributed by atoms with van der Waals surface area (Å²) in [6.07, 6.45) is 8.61. The maximum absolute atomic E-state index is 13.8. The second-order valence-corrected chi connectivity index (χ2v) is 8.38. The van der Waals surface area contributed by atoms with Crippen molar-refractivity contribution in [2.75, 3.05) is 0 Å². The third-order valence-electron chi connectivity index (χ3n) is 6.26. The van der Waals surface area contributed by atoms with Gasteiger partial charge in [-0.15, -0.1) is 0 Å². The first-order chi connectivity index (χ1) is 14.2. The average Bonchev–Trinajstić information content (AvgIpc) is 3.17. The molecule has 1 aliphatic carbocycles. The van der Waals surface area contributed by atoms with E-state index < -0.39 is 0 Å². The molecule has 0 atom stereocenters. The van der Waals surface area contributed by atoms with Gasteiger partial charge in [0.2, 0.25) is 0 Å². The Bertz CT molecular complexity index is 924. The van der Waals surface area contributed by atoms with E-state index in [1.807, 2.05) is 12.1 Å². The number of aryl methyl sites for hydroxylation is 1. The molecule has 1 aliphatic rings. The quantitative estimate of drug-likeness (QED) is 0.458. The fraction of sp³-hybridized carbons (Fsp3) is 0.385. The van der Waals surface area contributed by atoms with Crippen LogP contribution < -0.4 is 0 Å². The van der Waals surface area contributed by atoms with Gasteiger partial charge in [0.25, 0.3) is 0 Å². The van der Waals surface area contributed by atoms with Crippen LogP contribution in [-0.4, -0.2) is 15.5 Å². The van der Waals surface area contributed by atoms with Gasteiger partial charge in [0.05, 0.1) is 0 Å². The molecule has 1 saturated carbocycles. The SMILES string of the molecule is Cc1ccccc1Cn1cccc1CN(Cc1cccc(F)c1)C1CCCCC1. The van der Waals surface area contributed by atoms with Crippen molar-refractivity contribution in [3.63, 3.8) is 0 Å². The number of benzene rings is 2. The molecule has 2 aromatic carbocycles. The first-order valence-electron chi connectivity index (χ1n) is 10.9. The van der Waals surface area contributed by atoms with Crippen LogP contribution in [0.3, 0.4) is 0 Å². The third kappa shape index (κ3) is 5.16. The molecule has 2 nitrogen and oxygen atoms in total. The van der Waals surface area contributed by atoms with Crippen LogP contribution in [0.2, 0.25) is 0 Å². The Morgan fingerprint density at radius 3 is 2.55 bits per heavy atom. The van der Waals surface area contributed by atoms with Gasteiger partial charge < -0.3 is 4.57 Å². The van der Waals surface area contributed by atoms with E-state index in [1.54, 1.807) is 6.07 Å². The maximum Gasteiger partial charge on any atom is 0.123 e. The number of nitrogens with zero attached hydrogens (tertiary/aromatic N) is 2. The Hall–Kier alpha value is -2.39. The lowest BCUT2D eigenvalue weighted by Gasteiger charge is -2.34. The molecule has 3 heteroatoms. The van der Waals surface area contributed by atoms with Gasteiger partial charge >= 0.3 is 0 Å². The highest BCUT2D eigenvalue weighted by molar-refractivity contribution is 5.26. The number of rotatable bonds is 7. The van der Waals surface area contributed by atoms with Crippen molar-refractivity contribution in [2.24, 2.45) is 0 Å². The van der Waals surface area contributed by atoms with Gasteiger partial charge in [0, 0.05) is 37.6 Å². The van der Waals surface area contributed by atoms with Crippen LogP contribution in [0, 0.1) is 12.7 Å². The molecule has 0 N–H and O–H groups in total. The molecule has 0 radical (unpaired) electrons. The summed E-state index contributed by atoms with van der Waals surface area (Å²) in [6, 6.07) is 20.6. The summed E-state index contributed by atoms with van der Waals surface area (Å²) in [6.45, 7) is 4.78. The van der Waals surface area contributed by atoms with Crippen molar-refractivity contribution in [3.05, 3.63) is 95.1 Å². The molecule has 0 bridgehead atoms. The molecule has 0 spiro atoms. The largest absolute Gasteiger partial charge is 0.346 e. The Balaban J connectivity index is 1.54. The van der Waals surface area contributed by atoms with Gasteiger partial charge in [-0.05, 0) is 60.7 Å². The van der Waals surface area contributed by atoms with E-state index in [4.69, 9.17) is 0 Å². The smallest absolute Gasteiger partial charge is 0.123 e. The first-order valence-corrected chi connectivity index (χ1v) is 10.9. The lowest BCUT2D eigenvalue weighted by atomic mass is 9.93. The number of halogens is 1. The second kappa shape index (κ2) is 9.41. The van der Waals surface area contributed by atoms with Crippen molar-refractivity contribution in [1.29, 1.82) is 0 Å². The number of hydrogen-bond donors (Lipinski definition) is 0. The summed E-state index contributed by atoms with van der Waals surface area (Å²) in [7, 11) is 0. The Kier molecular flexibility index (Phi) is 6.46. The second-order valence-electron chi connectivity index (χ2n) is 8.38. The van der Waals surface area contributed by atoms with E-state index in [0.717, 1.165) is 25.2 Å². The number of hydrogen-bond acceptors (Lipinski definition) is 1. The third-order valence-corrected chi connectivity index (χ3v) is 6.26. The zero-order valence-electron chi connectivity index (χ0n) is 17.4. The van der Waals surface area contributed by atoms with Crippen LogP contribution >= 0.6 is 0 Å². The van der Waals surface area contributed by atoms with Gasteiger partial charge in [0.15, 0.2) is 0 Å². The van der Waals surface area contributed by atoms with Gasteiger partial charge in [-0.1, -0.05) is 55.7 Å². The lowest BCUT2D eigenvalue weighted by Crippen LogP contribution is -2.36. The molecule has 1 heterocycles. The monoisotopic (exact) mass is 390 g/mol. The zero-order chi connectivity index (χ0) is 20.1. The fourth-order valence-electron chi connectivity index (χ4n) is 4.56. The van der Waals surface area contributed by atoms with E-state index in [1.165, 1.54) is 55.0 Å². The first kappa shape index (κ1) is 19.9.